The Balaban J connectivity index is 2.13. The lowest BCUT2D eigenvalue weighted by Gasteiger charge is -2.13. The van der Waals surface area contributed by atoms with Crippen LogP contribution in [0.3, 0.4) is 0 Å². The quantitative estimate of drug-likeness (QED) is 0.400. The van der Waals surface area contributed by atoms with Crippen molar-refractivity contribution in [3.05, 3.63) is 60.2 Å². The van der Waals surface area contributed by atoms with Crippen LogP contribution < -0.4 is 0 Å². The maximum absolute atomic E-state index is 2.37. The Bertz CT molecular complexity index is 836. The van der Waals surface area contributed by atoms with Gasteiger partial charge < -0.3 is 0 Å². The first-order chi connectivity index (χ1) is 9.72. The van der Waals surface area contributed by atoms with E-state index < -0.39 is 0 Å². The van der Waals surface area contributed by atoms with Crippen molar-refractivity contribution in [2.24, 2.45) is 5.92 Å². The lowest BCUT2D eigenvalue weighted by molar-refractivity contribution is 0.648. The number of benzene rings is 4. The predicted molar refractivity (Wildman–Crippen MR) is 88.7 cm³/mol. The molecule has 0 bridgehead atoms. The molecule has 98 valence electrons. The molecule has 0 spiro atoms. The minimum absolute atomic E-state index is 0.697. The smallest absolute Gasteiger partial charge is 0.00266 e. The summed E-state index contributed by atoms with van der Waals surface area (Å²) in [6.07, 6.45) is 1.15. The first kappa shape index (κ1) is 11.7. The molecule has 0 unspecified atom stereocenters. The molecule has 0 amide bonds. The molecule has 0 N–H and O–H groups in total. The van der Waals surface area contributed by atoms with Gasteiger partial charge in [-0.25, -0.2) is 0 Å². The molecule has 0 fully saturated rings. The zero-order chi connectivity index (χ0) is 13.7. The van der Waals surface area contributed by atoms with Crippen molar-refractivity contribution in [3.63, 3.8) is 0 Å². The summed E-state index contributed by atoms with van der Waals surface area (Å²) in [7, 11) is 0. The van der Waals surface area contributed by atoms with Gasteiger partial charge in [-0.3, -0.25) is 0 Å². The van der Waals surface area contributed by atoms with Crippen LogP contribution in [0.25, 0.3) is 32.3 Å². The minimum atomic E-state index is 0.697. The van der Waals surface area contributed by atoms with E-state index in [1.807, 2.05) is 0 Å². The zero-order valence-corrected chi connectivity index (χ0v) is 12.0. The molecule has 4 rings (SSSR count). The fourth-order valence-electron chi connectivity index (χ4n) is 3.41. The summed E-state index contributed by atoms with van der Waals surface area (Å²) in [6, 6.07) is 20.4. The van der Waals surface area contributed by atoms with Crippen LogP contribution >= 0.6 is 0 Å². The second kappa shape index (κ2) is 4.21. The predicted octanol–water partition coefficient (Wildman–Crippen LogP) is 5.78. The van der Waals surface area contributed by atoms with Crippen LogP contribution in [-0.2, 0) is 6.42 Å². The molecule has 0 radical (unpaired) electrons. The van der Waals surface area contributed by atoms with Crippen molar-refractivity contribution in [3.8, 4) is 0 Å². The van der Waals surface area contributed by atoms with Crippen LogP contribution in [-0.4, -0.2) is 0 Å². The number of hydrogen-bond donors (Lipinski definition) is 0. The van der Waals surface area contributed by atoms with Gasteiger partial charge >= 0.3 is 0 Å². The Morgan fingerprint density at radius 1 is 0.700 bits per heavy atom. The van der Waals surface area contributed by atoms with E-state index in [0.717, 1.165) is 6.42 Å². The number of rotatable bonds is 2. The molecule has 0 aliphatic rings. The van der Waals surface area contributed by atoms with Gasteiger partial charge in [-0.15, -0.1) is 0 Å². The highest BCUT2D eigenvalue weighted by molar-refractivity contribution is 6.23. The third-order valence-electron chi connectivity index (χ3n) is 4.17. The summed E-state index contributed by atoms with van der Waals surface area (Å²) in [6.45, 7) is 4.56. The number of hydrogen-bond acceptors (Lipinski definition) is 0. The lowest BCUT2D eigenvalue weighted by Crippen LogP contribution is -1.94. The first-order valence-electron chi connectivity index (χ1n) is 7.39. The van der Waals surface area contributed by atoms with Crippen LogP contribution in [0.1, 0.15) is 19.4 Å². The van der Waals surface area contributed by atoms with Gasteiger partial charge in [0.1, 0.15) is 0 Å². The molecule has 0 heteroatoms. The van der Waals surface area contributed by atoms with E-state index in [4.69, 9.17) is 0 Å². The molecule has 0 aliphatic carbocycles. The van der Waals surface area contributed by atoms with Gasteiger partial charge in [0, 0.05) is 0 Å². The normalized spacial score (nSPS) is 12.2. The Labute approximate surface area is 119 Å². The van der Waals surface area contributed by atoms with Crippen LogP contribution in [0.4, 0.5) is 0 Å². The Morgan fingerprint density at radius 2 is 1.20 bits per heavy atom. The second-order valence-electron chi connectivity index (χ2n) is 6.23. The van der Waals surface area contributed by atoms with Gasteiger partial charge in [-0.05, 0) is 50.2 Å². The standard InChI is InChI=1S/C20H18/c1-13(2)10-14-11-17-8-6-15-4-3-5-16-7-9-18(12-14)20(17)19(15)16/h3-9,11-13H,10H2,1-2H3. The Morgan fingerprint density at radius 3 is 1.75 bits per heavy atom. The van der Waals surface area contributed by atoms with E-state index >= 15 is 0 Å². The maximum Gasteiger partial charge on any atom is -0.00266 e. The van der Waals surface area contributed by atoms with Gasteiger partial charge in [-0.1, -0.05) is 68.4 Å². The van der Waals surface area contributed by atoms with Gasteiger partial charge in [0.25, 0.3) is 0 Å². The summed E-state index contributed by atoms with van der Waals surface area (Å²) in [4.78, 5) is 0. The molecule has 20 heavy (non-hydrogen) atoms. The zero-order valence-electron chi connectivity index (χ0n) is 12.0. The summed E-state index contributed by atoms with van der Waals surface area (Å²) < 4.78 is 0. The van der Waals surface area contributed by atoms with Crippen molar-refractivity contribution in [2.45, 2.75) is 20.3 Å². The Kier molecular flexibility index (Phi) is 2.47. The largest absolute Gasteiger partial charge is 0.0625 e. The van der Waals surface area contributed by atoms with E-state index in [0.29, 0.717) is 5.92 Å². The van der Waals surface area contributed by atoms with Crippen LogP contribution in [0.5, 0.6) is 0 Å². The second-order valence-corrected chi connectivity index (χ2v) is 6.23. The maximum atomic E-state index is 2.37. The van der Waals surface area contributed by atoms with Crippen molar-refractivity contribution < 1.29 is 0 Å². The van der Waals surface area contributed by atoms with Crippen molar-refractivity contribution in [1.82, 2.24) is 0 Å². The highest BCUT2D eigenvalue weighted by Crippen LogP contribution is 2.35. The molecular weight excluding hydrogens is 240 g/mol. The molecule has 4 aromatic carbocycles. The van der Waals surface area contributed by atoms with Gasteiger partial charge in [-0.2, -0.15) is 0 Å². The van der Waals surface area contributed by atoms with E-state index in [2.05, 4.69) is 68.4 Å². The SMILES string of the molecule is CC(C)Cc1cc2ccc3cccc4ccc(c1)c2c34. The third-order valence-corrected chi connectivity index (χ3v) is 4.17. The van der Waals surface area contributed by atoms with Gasteiger partial charge in [0.2, 0.25) is 0 Å². The molecule has 0 nitrogen and oxygen atoms in total. The first-order valence-corrected chi connectivity index (χ1v) is 7.39. The fourth-order valence-corrected chi connectivity index (χ4v) is 3.41. The minimum Gasteiger partial charge on any atom is -0.0625 e. The van der Waals surface area contributed by atoms with Gasteiger partial charge in [0.05, 0.1) is 0 Å². The summed E-state index contributed by atoms with van der Waals surface area (Å²) in [5.74, 6) is 0.697. The van der Waals surface area contributed by atoms with Crippen molar-refractivity contribution >= 4 is 32.3 Å². The van der Waals surface area contributed by atoms with Crippen molar-refractivity contribution in [2.75, 3.05) is 0 Å². The van der Waals surface area contributed by atoms with Crippen molar-refractivity contribution in [1.29, 1.82) is 0 Å². The Hall–Kier alpha value is -2.08. The lowest BCUT2D eigenvalue weighted by atomic mass is 9.91. The van der Waals surface area contributed by atoms with Gasteiger partial charge in [0.15, 0.2) is 0 Å². The highest BCUT2D eigenvalue weighted by Gasteiger charge is 2.09. The summed E-state index contributed by atoms with van der Waals surface area (Å²) >= 11 is 0. The molecule has 0 aliphatic heterocycles. The van der Waals surface area contributed by atoms with E-state index in [9.17, 15) is 0 Å². The van der Waals surface area contributed by atoms with E-state index in [-0.39, 0.29) is 0 Å². The average Bonchev–Trinajstić information content (AvgIpc) is 2.44. The van der Waals surface area contributed by atoms with Crippen LogP contribution in [0, 0.1) is 5.92 Å². The molecule has 0 atom stereocenters. The topological polar surface area (TPSA) is 0 Å². The average molecular weight is 258 g/mol. The molecule has 0 aromatic heterocycles. The molecule has 0 saturated heterocycles. The monoisotopic (exact) mass is 258 g/mol. The highest BCUT2D eigenvalue weighted by atomic mass is 14.1. The molecule has 0 heterocycles. The van der Waals surface area contributed by atoms with E-state index in [1.54, 1.807) is 0 Å². The molecular formula is C20H18. The summed E-state index contributed by atoms with van der Waals surface area (Å²) in [5, 5.41) is 8.28. The molecule has 4 aromatic rings. The fraction of sp³-hybridized carbons (Fsp3) is 0.200. The third kappa shape index (κ3) is 1.68. The molecule has 0 saturated carbocycles. The van der Waals surface area contributed by atoms with Crippen LogP contribution in [0.2, 0.25) is 0 Å². The van der Waals surface area contributed by atoms with Crippen LogP contribution in [0.15, 0.2) is 54.6 Å². The summed E-state index contributed by atoms with van der Waals surface area (Å²) in [5.41, 5.74) is 1.45. The van der Waals surface area contributed by atoms with E-state index in [1.165, 1.54) is 37.9 Å².